The molecule has 4 amide bonds. The highest BCUT2D eigenvalue weighted by Gasteiger charge is 2.54. The fourth-order valence-electron chi connectivity index (χ4n) is 11.7. The van der Waals surface area contributed by atoms with Gasteiger partial charge >= 0.3 is 5.97 Å². The monoisotopic (exact) mass is 1400 g/mol. The summed E-state index contributed by atoms with van der Waals surface area (Å²) in [6, 6.07) is -2.43. The Labute approximate surface area is 569 Å². The standard InChI is InChI=1S/C66H116N4O27/c1-5-46-53(78)56(81)51(70-43(4)72)64(94-46)96-60-57(82)59(84)66(97-61(60)62(85)86)91-33-24-16-9-12-19-27-44(73)26-18-10-6-7-11-20-28-45(74)38-88-36-34-87-35-37-89-40-49(76)68-31-22-14-8-13-21-29-48(75)67-30-23-15-17-25-32-90-65-58(83)54(79)47(39-92-65)95-63-50(69-42(3)71)55(80)52(77)41(2)93-63/h41,46-47,50-61,63-66,77-84H,5-40H2,1-4H3,(H,67,75)(H,68,76)(H,69,71)(H,70,72)(H,85,86). The van der Waals surface area contributed by atoms with E-state index in [4.69, 9.17) is 52.1 Å². The summed E-state index contributed by atoms with van der Waals surface area (Å²) in [7, 11) is 0. The number of aliphatic hydroxyl groups excluding tert-OH is 8. The Morgan fingerprint density at radius 1 is 0.433 bits per heavy atom. The molecule has 0 aromatic rings. The van der Waals surface area contributed by atoms with E-state index in [1.807, 2.05) is 0 Å². The van der Waals surface area contributed by atoms with Gasteiger partial charge in [0.05, 0.1) is 45.2 Å². The van der Waals surface area contributed by atoms with Gasteiger partial charge < -0.3 is 119 Å². The molecule has 4 heterocycles. The van der Waals surface area contributed by atoms with Gasteiger partial charge in [0.2, 0.25) is 23.6 Å². The number of carboxylic acids is 1. The number of aliphatic hydroxyl groups is 8. The lowest BCUT2D eigenvalue weighted by Gasteiger charge is -2.46. The number of hydrogen-bond donors (Lipinski definition) is 13. The van der Waals surface area contributed by atoms with Gasteiger partial charge in [-0.3, -0.25) is 28.8 Å². The maximum absolute atomic E-state index is 12.5. The lowest BCUT2D eigenvalue weighted by Crippen LogP contribution is -2.67. The normalized spacial score (nSPS) is 29.8. The highest BCUT2D eigenvalue weighted by molar-refractivity contribution is 5.80. The lowest BCUT2D eigenvalue weighted by molar-refractivity contribution is -0.339. The maximum Gasteiger partial charge on any atom is 0.335 e. The van der Waals surface area contributed by atoms with E-state index in [1.165, 1.54) is 20.8 Å². The van der Waals surface area contributed by atoms with Crippen molar-refractivity contribution in [2.75, 3.05) is 72.6 Å². The van der Waals surface area contributed by atoms with Crippen LogP contribution in [0.4, 0.5) is 0 Å². The first-order valence-corrected chi connectivity index (χ1v) is 35.2. The number of nitrogens with one attached hydrogen (secondary N) is 4. The Balaban J connectivity index is 0.841. The number of rotatable bonds is 52. The van der Waals surface area contributed by atoms with Gasteiger partial charge in [0.25, 0.3) is 0 Å². The second-order valence-electron chi connectivity index (χ2n) is 25.6. The molecule has 19 atom stereocenters. The van der Waals surface area contributed by atoms with Crippen molar-refractivity contribution in [2.24, 2.45) is 0 Å². The van der Waals surface area contributed by atoms with Crippen molar-refractivity contribution in [1.29, 1.82) is 0 Å². The van der Waals surface area contributed by atoms with Crippen molar-refractivity contribution < 1.29 is 132 Å². The summed E-state index contributed by atoms with van der Waals surface area (Å²) >= 11 is 0. The SMILES string of the molecule is CCC1OC(OC2C(C(=O)O)OC(OCCCCCCCC(=O)CCCCCCCCC(=O)COCCOCCOCC(=O)NCCCCCCCC(=O)NCCCCCCOC3OCC(OC4OC(C)C(O)C(O)C4NC(C)=O)C(O)C3O)C(O)C2O)C(NC(C)=O)C(O)C1O. The Bertz CT molecular complexity index is 2250. The number of ketones is 2. The largest absolute Gasteiger partial charge is 0.479 e. The average Bonchev–Trinajstić information content (AvgIpc) is 0.797. The number of unbranched alkanes of at least 4 members (excludes halogenated alkanes) is 16. The highest BCUT2D eigenvalue weighted by Crippen LogP contribution is 2.32. The summed E-state index contributed by atoms with van der Waals surface area (Å²) in [5.41, 5.74) is 0. The van der Waals surface area contributed by atoms with Crippen LogP contribution in [-0.4, -0.2) is 276 Å². The average molecular weight is 1400 g/mol. The van der Waals surface area contributed by atoms with Gasteiger partial charge in [-0.2, -0.15) is 0 Å². The van der Waals surface area contributed by atoms with Crippen LogP contribution >= 0.6 is 0 Å². The number of hydrogen-bond acceptors (Lipinski definition) is 26. The Morgan fingerprint density at radius 3 is 1.45 bits per heavy atom. The quantitative estimate of drug-likeness (QED) is 0.0369. The number of Topliss-reactive ketones (excluding diaryl/α,β-unsaturated/α-hetero) is 2. The Hall–Kier alpha value is -4.07. The van der Waals surface area contributed by atoms with E-state index < -0.39 is 134 Å². The maximum atomic E-state index is 12.5. The van der Waals surface area contributed by atoms with Crippen molar-refractivity contribution in [3.05, 3.63) is 0 Å². The van der Waals surface area contributed by atoms with Gasteiger partial charge in [-0.05, 0) is 64.7 Å². The zero-order valence-electron chi connectivity index (χ0n) is 57.3. The molecule has 562 valence electrons. The van der Waals surface area contributed by atoms with Crippen molar-refractivity contribution in [3.63, 3.8) is 0 Å². The van der Waals surface area contributed by atoms with Crippen molar-refractivity contribution in [3.8, 4) is 0 Å². The molecule has 4 saturated heterocycles. The summed E-state index contributed by atoms with van der Waals surface area (Å²) in [6.07, 6.45) is -4.72. The van der Waals surface area contributed by atoms with Gasteiger partial charge in [-0.25, -0.2) is 4.79 Å². The lowest BCUT2D eigenvalue weighted by atomic mass is 9.94. The van der Waals surface area contributed by atoms with E-state index >= 15 is 0 Å². The molecule has 0 spiro atoms. The van der Waals surface area contributed by atoms with E-state index in [2.05, 4.69) is 21.3 Å². The Morgan fingerprint density at radius 2 is 0.897 bits per heavy atom. The molecule has 31 nitrogen and oxygen atoms in total. The van der Waals surface area contributed by atoms with Crippen molar-refractivity contribution in [1.82, 2.24) is 21.3 Å². The second kappa shape index (κ2) is 48.7. The topological polar surface area (TPSA) is 451 Å². The van der Waals surface area contributed by atoms with E-state index in [0.717, 1.165) is 116 Å². The number of aliphatic carboxylic acids is 1. The first-order chi connectivity index (χ1) is 46.5. The highest BCUT2D eigenvalue weighted by atomic mass is 16.7. The summed E-state index contributed by atoms with van der Waals surface area (Å²) in [5, 5.41) is 106. The van der Waals surface area contributed by atoms with Crippen LogP contribution in [0.2, 0.25) is 0 Å². The van der Waals surface area contributed by atoms with Gasteiger partial charge in [-0.15, -0.1) is 0 Å². The first-order valence-electron chi connectivity index (χ1n) is 35.2. The van der Waals surface area contributed by atoms with Crippen LogP contribution in [-0.2, 0) is 85.7 Å². The number of carbonyl (C=O) groups is 7. The number of ether oxygens (including phenoxy) is 11. The first kappa shape index (κ1) is 85.3. The van der Waals surface area contributed by atoms with Crippen molar-refractivity contribution >= 4 is 41.2 Å². The van der Waals surface area contributed by atoms with Crippen molar-refractivity contribution in [2.45, 2.75) is 305 Å². The molecule has 4 fully saturated rings. The van der Waals surface area contributed by atoms with Crippen LogP contribution in [0.25, 0.3) is 0 Å². The van der Waals surface area contributed by atoms with Crippen LogP contribution in [0.15, 0.2) is 0 Å². The predicted molar refractivity (Wildman–Crippen MR) is 344 cm³/mol. The number of amides is 4. The minimum atomic E-state index is -1.82. The molecule has 31 heteroatoms. The smallest absolute Gasteiger partial charge is 0.335 e. The predicted octanol–water partition coefficient (Wildman–Crippen LogP) is 0.515. The van der Waals surface area contributed by atoms with Gasteiger partial charge in [0.15, 0.2) is 37.0 Å². The third-order valence-corrected chi connectivity index (χ3v) is 17.4. The van der Waals surface area contributed by atoms with E-state index in [9.17, 15) is 79.5 Å². The molecule has 4 aliphatic heterocycles. The van der Waals surface area contributed by atoms with Crippen LogP contribution in [0.1, 0.15) is 188 Å². The third kappa shape index (κ3) is 32.6. The van der Waals surface area contributed by atoms with Crippen LogP contribution in [0.5, 0.6) is 0 Å². The van der Waals surface area contributed by atoms with E-state index in [-0.39, 0.29) is 82.7 Å². The zero-order chi connectivity index (χ0) is 71.1. The van der Waals surface area contributed by atoms with Gasteiger partial charge in [-0.1, -0.05) is 84.0 Å². The molecule has 0 aromatic heterocycles. The molecule has 0 radical (unpaired) electrons. The second-order valence-corrected chi connectivity index (χ2v) is 25.6. The van der Waals surface area contributed by atoms with Crippen LogP contribution in [0, 0.1) is 0 Å². The van der Waals surface area contributed by atoms with Gasteiger partial charge in [0.1, 0.15) is 92.1 Å². The van der Waals surface area contributed by atoms with E-state index in [0.29, 0.717) is 58.2 Å². The molecular formula is C66H116N4O27. The molecule has 0 aliphatic carbocycles. The number of carbonyl (C=O) groups excluding carboxylic acids is 6. The molecule has 4 rings (SSSR count). The van der Waals surface area contributed by atoms with Crippen LogP contribution < -0.4 is 21.3 Å². The number of carboxylic acid groups (broad SMARTS) is 1. The fraction of sp³-hybridized carbons (Fsp3) is 0.894. The van der Waals surface area contributed by atoms with E-state index in [1.54, 1.807) is 6.92 Å². The summed E-state index contributed by atoms with van der Waals surface area (Å²) in [6.45, 7) is 7.98. The molecule has 13 N–H and O–H groups in total. The molecular weight excluding hydrogens is 1280 g/mol. The summed E-state index contributed by atoms with van der Waals surface area (Å²) < 4.78 is 61.7. The minimum Gasteiger partial charge on any atom is -0.479 e. The molecule has 4 aliphatic rings. The molecule has 0 aromatic carbocycles. The van der Waals surface area contributed by atoms with Crippen LogP contribution in [0.3, 0.4) is 0 Å². The summed E-state index contributed by atoms with van der Waals surface area (Å²) in [4.78, 5) is 84.9. The molecule has 19 unspecified atom stereocenters. The summed E-state index contributed by atoms with van der Waals surface area (Å²) in [5.74, 6) is -2.52. The minimum absolute atomic E-state index is 0.0107. The fourth-order valence-corrected chi connectivity index (χ4v) is 11.7. The van der Waals surface area contributed by atoms with Gasteiger partial charge in [0, 0.05) is 65.8 Å². The Kier molecular flexibility index (Phi) is 42.8. The third-order valence-electron chi connectivity index (χ3n) is 17.4. The zero-order valence-corrected chi connectivity index (χ0v) is 57.3. The molecule has 0 saturated carbocycles. The molecule has 0 bridgehead atoms. The molecule has 97 heavy (non-hydrogen) atoms.